The topological polar surface area (TPSA) is 26.0 Å². The molecular formula is C10H23NS. The fraction of sp³-hybridized carbons (Fsp3) is 1.00. The lowest BCUT2D eigenvalue weighted by Crippen LogP contribution is -2.19. The van der Waals surface area contributed by atoms with Crippen LogP contribution in [-0.2, 0) is 0 Å². The molecule has 0 aromatic heterocycles. The van der Waals surface area contributed by atoms with Gasteiger partial charge in [-0.3, -0.25) is 0 Å². The van der Waals surface area contributed by atoms with Crippen LogP contribution in [0.4, 0.5) is 0 Å². The maximum absolute atomic E-state index is 5.68. The quantitative estimate of drug-likeness (QED) is 0.623. The van der Waals surface area contributed by atoms with Crippen molar-refractivity contribution in [3.8, 4) is 0 Å². The summed E-state index contributed by atoms with van der Waals surface area (Å²) < 4.78 is 0. The predicted molar refractivity (Wildman–Crippen MR) is 59.6 cm³/mol. The third-order valence-corrected chi connectivity index (χ3v) is 3.30. The lowest BCUT2D eigenvalue weighted by atomic mass is 9.92. The minimum atomic E-state index is 0.738. The van der Waals surface area contributed by atoms with E-state index in [-0.39, 0.29) is 0 Å². The van der Waals surface area contributed by atoms with Gasteiger partial charge in [0.15, 0.2) is 0 Å². The molecule has 0 aliphatic heterocycles. The number of rotatable bonds is 7. The van der Waals surface area contributed by atoms with Gasteiger partial charge in [0.1, 0.15) is 0 Å². The van der Waals surface area contributed by atoms with Gasteiger partial charge < -0.3 is 5.73 Å². The molecular weight excluding hydrogens is 166 g/mol. The van der Waals surface area contributed by atoms with Crippen molar-refractivity contribution in [3.63, 3.8) is 0 Å². The summed E-state index contributed by atoms with van der Waals surface area (Å²) in [4.78, 5) is 0. The van der Waals surface area contributed by atoms with Crippen LogP contribution in [0.5, 0.6) is 0 Å². The van der Waals surface area contributed by atoms with Gasteiger partial charge in [0.2, 0.25) is 0 Å². The van der Waals surface area contributed by atoms with E-state index in [2.05, 4.69) is 20.8 Å². The molecule has 0 aliphatic rings. The Morgan fingerprint density at radius 2 is 2.00 bits per heavy atom. The third-order valence-electron chi connectivity index (χ3n) is 2.31. The van der Waals surface area contributed by atoms with Crippen LogP contribution in [0.15, 0.2) is 0 Å². The van der Waals surface area contributed by atoms with Crippen LogP contribution < -0.4 is 5.73 Å². The molecule has 0 saturated carbocycles. The normalized spacial score (nSPS) is 13.8. The molecule has 74 valence electrons. The van der Waals surface area contributed by atoms with Crippen LogP contribution in [0.1, 0.15) is 33.6 Å². The number of nitrogens with two attached hydrogens (primary N) is 1. The van der Waals surface area contributed by atoms with E-state index in [1.54, 1.807) is 0 Å². The molecule has 0 rings (SSSR count). The van der Waals surface area contributed by atoms with Crippen molar-refractivity contribution < 1.29 is 0 Å². The maximum Gasteiger partial charge on any atom is -0.00464 e. The molecule has 0 fully saturated rings. The average molecular weight is 189 g/mol. The first kappa shape index (κ1) is 12.3. The van der Waals surface area contributed by atoms with Crippen molar-refractivity contribution in [1.82, 2.24) is 0 Å². The molecule has 1 atom stereocenters. The molecule has 0 aromatic carbocycles. The smallest absolute Gasteiger partial charge is 0.00464 e. The van der Waals surface area contributed by atoms with Crippen molar-refractivity contribution in [1.29, 1.82) is 0 Å². The van der Waals surface area contributed by atoms with E-state index >= 15 is 0 Å². The Bertz CT molecular complexity index is 93.8. The molecule has 0 heterocycles. The molecule has 2 N–H and O–H groups in total. The summed E-state index contributed by atoms with van der Waals surface area (Å²) in [6, 6.07) is 0. The van der Waals surface area contributed by atoms with Crippen molar-refractivity contribution in [2.24, 2.45) is 17.6 Å². The Morgan fingerprint density at radius 1 is 1.33 bits per heavy atom. The van der Waals surface area contributed by atoms with Crippen LogP contribution in [0.25, 0.3) is 0 Å². The van der Waals surface area contributed by atoms with Crippen LogP contribution in [0.2, 0.25) is 0 Å². The Hall–Kier alpha value is 0.310. The second kappa shape index (κ2) is 7.93. The van der Waals surface area contributed by atoms with E-state index in [0.29, 0.717) is 0 Å². The lowest BCUT2D eigenvalue weighted by molar-refractivity contribution is 0.367. The van der Waals surface area contributed by atoms with E-state index in [4.69, 9.17) is 5.73 Å². The minimum absolute atomic E-state index is 0.738. The highest BCUT2D eigenvalue weighted by Crippen LogP contribution is 2.17. The van der Waals surface area contributed by atoms with E-state index in [0.717, 1.165) is 18.4 Å². The van der Waals surface area contributed by atoms with Crippen LogP contribution >= 0.6 is 11.8 Å². The summed E-state index contributed by atoms with van der Waals surface area (Å²) in [5.74, 6) is 4.04. The highest BCUT2D eigenvalue weighted by atomic mass is 32.2. The zero-order valence-corrected chi connectivity index (χ0v) is 9.49. The summed E-state index contributed by atoms with van der Waals surface area (Å²) in [6.45, 7) is 7.61. The molecule has 1 nitrogen and oxygen atoms in total. The standard InChI is InChI=1S/C10H23NS/c1-4-12-7-5-6-10(8-11)9(2)3/h9-10H,4-8,11H2,1-3H3. The molecule has 0 bridgehead atoms. The Balaban J connectivity index is 3.32. The van der Waals surface area contributed by atoms with E-state index in [1.807, 2.05) is 11.8 Å². The molecule has 0 spiro atoms. The van der Waals surface area contributed by atoms with Crippen LogP contribution in [0, 0.1) is 11.8 Å². The first-order valence-electron chi connectivity index (χ1n) is 5.00. The highest BCUT2D eigenvalue weighted by Gasteiger charge is 2.09. The van der Waals surface area contributed by atoms with Gasteiger partial charge in [-0.05, 0) is 42.7 Å². The maximum atomic E-state index is 5.68. The first-order valence-corrected chi connectivity index (χ1v) is 6.15. The summed E-state index contributed by atoms with van der Waals surface area (Å²) in [6.07, 6.45) is 2.64. The number of hydrogen-bond acceptors (Lipinski definition) is 2. The van der Waals surface area contributed by atoms with Gasteiger partial charge >= 0.3 is 0 Å². The molecule has 2 heteroatoms. The zero-order chi connectivity index (χ0) is 9.40. The fourth-order valence-electron chi connectivity index (χ4n) is 1.32. The van der Waals surface area contributed by atoms with Gasteiger partial charge in [-0.25, -0.2) is 0 Å². The molecule has 0 amide bonds. The SMILES string of the molecule is CCSCCCC(CN)C(C)C. The largest absolute Gasteiger partial charge is 0.330 e. The second-order valence-corrected chi connectivity index (χ2v) is 4.97. The molecule has 0 radical (unpaired) electrons. The minimum Gasteiger partial charge on any atom is -0.330 e. The van der Waals surface area contributed by atoms with Crippen molar-refractivity contribution >= 4 is 11.8 Å². The predicted octanol–water partition coefficient (Wildman–Crippen LogP) is 2.75. The van der Waals surface area contributed by atoms with Crippen molar-refractivity contribution in [2.45, 2.75) is 33.6 Å². The average Bonchev–Trinajstić information content (AvgIpc) is 2.04. The summed E-state index contributed by atoms with van der Waals surface area (Å²) in [5, 5.41) is 0. The highest BCUT2D eigenvalue weighted by molar-refractivity contribution is 7.99. The van der Waals surface area contributed by atoms with Crippen LogP contribution in [-0.4, -0.2) is 18.1 Å². The van der Waals surface area contributed by atoms with Gasteiger partial charge in [0.25, 0.3) is 0 Å². The number of thioether (sulfide) groups is 1. The van der Waals surface area contributed by atoms with E-state index < -0.39 is 0 Å². The van der Waals surface area contributed by atoms with E-state index in [9.17, 15) is 0 Å². The van der Waals surface area contributed by atoms with Gasteiger partial charge in [0.05, 0.1) is 0 Å². The van der Waals surface area contributed by atoms with Crippen molar-refractivity contribution in [2.75, 3.05) is 18.1 Å². The monoisotopic (exact) mass is 189 g/mol. The molecule has 0 saturated heterocycles. The lowest BCUT2D eigenvalue weighted by Gasteiger charge is -2.18. The summed E-state index contributed by atoms with van der Waals surface area (Å²) >= 11 is 2.03. The third kappa shape index (κ3) is 5.90. The van der Waals surface area contributed by atoms with Gasteiger partial charge in [-0.2, -0.15) is 11.8 Å². The van der Waals surface area contributed by atoms with Crippen LogP contribution in [0.3, 0.4) is 0 Å². The van der Waals surface area contributed by atoms with Gasteiger partial charge in [-0.1, -0.05) is 20.8 Å². The molecule has 0 aromatic rings. The van der Waals surface area contributed by atoms with E-state index in [1.165, 1.54) is 24.3 Å². The first-order chi connectivity index (χ1) is 5.72. The second-order valence-electron chi connectivity index (χ2n) is 3.58. The summed E-state index contributed by atoms with van der Waals surface area (Å²) in [7, 11) is 0. The molecule has 12 heavy (non-hydrogen) atoms. The fourth-order valence-corrected chi connectivity index (χ4v) is 1.97. The molecule has 0 aliphatic carbocycles. The van der Waals surface area contributed by atoms with Crippen molar-refractivity contribution in [3.05, 3.63) is 0 Å². The molecule has 1 unspecified atom stereocenters. The Morgan fingerprint density at radius 3 is 2.42 bits per heavy atom. The Labute approximate surface area is 81.5 Å². The van der Waals surface area contributed by atoms with Gasteiger partial charge in [0, 0.05) is 0 Å². The Kier molecular flexibility index (Phi) is 8.14. The summed E-state index contributed by atoms with van der Waals surface area (Å²) in [5.41, 5.74) is 5.68. The number of hydrogen-bond donors (Lipinski definition) is 1. The van der Waals surface area contributed by atoms with Gasteiger partial charge in [-0.15, -0.1) is 0 Å². The zero-order valence-electron chi connectivity index (χ0n) is 8.68.